The van der Waals surface area contributed by atoms with Crippen LogP contribution in [0.15, 0.2) is 30.3 Å². The average Bonchev–Trinajstić information content (AvgIpc) is 3.16. The Morgan fingerprint density at radius 2 is 1.94 bits per heavy atom. The second-order valence-electron chi connectivity index (χ2n) is 8.88. The molecular weight excluding hydrogens is 408 g/mol. The number of amides is 2. The van der Waals surface area contributed by atoms with Crippen molar-refractivity contribution in [1.29, 1.82) is 0 Å². The third-order valence-electron chi connectivity index (χ3n) is 5.74. The number of benzene rings is 1. The van der Waals surface area contributed by atoms with E-state index in [-0.39, 0.29) is 42.9 Å². The van der Waals surface area contributed by atoms with Gasteiger partial charge in [0.1, 0.15) is 11.2 Å². The van der Waals surface area contributed by atoms with Gasteiger partial charge in [0.15, 0.2) is 5.69 Å². The predicted molar refractivity (Wildman–Crippen MR) is 120 cm³/mol. The lowest BCUT2D eigenvalue weighted by Crippen LogP contribution is -2.63. The van der Waals surface area contributed by atoms with E-state index in [2.05, 4.69) is 24.3 Å². The molecule has 172 valence electrons. The molecule has 1 atom stereocenters. The SMILES string of the molecule is CCOC(=O)c1cc2n(n1)C[C@](C)(C(=O)NCCC(C)C)N(Cc1ccc(C)cc1)C2=O. The number of carbonyl (C=O) groups is 3. The fraction of sp³-hybridized carbons (Fsp3) is 0.500. The number of aromatic nitrogens is 2. The van der Waals surface area contributed by atoms with E-state index in [0.717, 1.165) is 17.5 Å². The van der Waals surface area contributed by atoms with Crippen LogP contribution in [-0.4, -0.2) is 51.2 Å². The molecule has 0 unspecified atom stereocenters. The number of rotatable bonds is 8. The molecule has 2 amide bonds. The van der Waals surface area contributed by atoms with Crippen LogP contribution in [0.5, 0.6) is 0 Å². The summed E-state index contributed by atoms with van der Waals surface area (Å²) in [4.78, 5) is 40.6. The number of ether oxygens (including phenoxy) is 1. The molecule has 8 nitrogen and oxygen atoms in total. The van der Waals surface area contributed by atoms with E-state index < -0.39 is 11.5 Å². The lowest BCUT2D eigenvalue weighted by molar-refractivity contribution is -0.133. The standard InChI is InChI=1S/C24H32N4O4/c1-6-32-22(30)19-13-20-21(29)27(14-18-9-7-17(4)8-10-18)24(5,15-28(20)26-19)23(31)25-12-11-16(2)3/h7-10,13,16H,6,11-12,14-15H2,1-5H3,(H,25,31)/t24-/m1/s1. The van der Waals surface area contributed by atoms with E-state index in [4.69, 9.17) is 4.74 Å². The number of nitrogens with one attached hydrogen (secondary N) is 1. The predicted octanol–water partition coefficient (Wildman–Crippen LogP) is 2.95. The van der Waals surface area contributed by atoms with Crippen LogP contribution in [0.3, 0.4) is 0 Å². The fourth-order valence-corrected chi connectivity index (χ4v) is 3.74. The minimum Gasteiger partial charge on any atom is -0.461 e. The Kier molecular flexibility index (Phi) is 7.01. The van der Waals surface area contributed by atoms with Crippen LogP contribution in [0.1, 0.15) is 66.2 Å². The van der Waals surface area contributed by atoms with Crippen molar-refractivity contribution in [2.24, 2.45) is 5.92 Å². The normalized spacial score (nSPS) is 17.9. The molecule has 1 N–H and O–H groups in total. The van der Waals surface area contributed by atoms with Gasteiger partial charge in [-0.3, -0.25) is 14.3 Å². The molecule has 0 aliphatic carbocycles. The van der Waals surface area contributed by atoms with Crippen molar-refractivity contribution in [2.75, 3.05) is 13.2 Å². The highest BCUT2D eigenvalue weighted by molar-refractivity contribution is 6.01. The molecule has 3 rings (SSSR count). The van der Waals surface area contributed by atoms with Crippen LogP contribution in [-0.2, 0) is 22.6 Å². The first-order valence-corrected chi connectivity index (χ1v) is 11.1. The minimum absolute atomic E-state index is 0.0648. The number of fused-ring (bicyclic) bond motifs is 1. The van der Waals surface area contributed by atoms with Crippen LogP contribution in [0.25, 0.3) is 0 Å². The Hall–Kier alpha value is -3.16. The second-order valence-corrected chi connectivity index (χ2v) is 8.88. The molecule has 8 heteroatoms. The van der Waals surface area contributed by atoms with Gasteiger partial charge in [-0.05, 0) is 38.7 Å². The van der Waals surface area contributed by atoms with Crippen LogP contribution >= 0.6 is 0 Å². The molecule has 2 heterocycles. The Morgan fingerprint density at radius 3 is 2.56 bits per heavy atom. The van der Waals surface area contributed by atoms with Crippen LogP contribution in [0.4, 0.5) is 0 Å². The number of aryl methyl sites for hydroxylation is 1. The van der Waals surface area contributed by atoms with Crippen molar-refractivity contribution >= 4 is 17.8 Å². The first-order chi connectivity index (χ1) is 15.2. The van der Waals surface area contributed by atoms with Gasteiger partial charge >= 0.3 is 5.97 Å². The summed E-state index contributed by atoms with van der Waals surface area (Å²) in [5, 5.41) is 7.26. The molecule has 0 radical (unpaired) electrons. The molecule has 1 aromatic heterocycles. The summed E-state index contributed by atoms with van der Waals surface area (Å²) < 4.78 is 6.48. The topological polar surface area (TPSA) is 93.5 Å². The summed E-state index contributed by atoms with van der Waals surface area (Å²) in [6.07, 6.45) is 0.841. The third-order valence-corrected chi connectivity index (χ3v) is 5.74. The molecule has 32 heavy (non-hydrogen) atoms. The van der Waals surface area contributed by atoms with E-state index in [0.29, 0.717) is 12.5 Å². The lowest BCUT2D eigenvalue weighted by Gasteiger charge is -2.43. The molecule has 1 aromatic carbocycles. The summed E-state index contributed by atoms with van der Waals surface area (Å²) in [6.45, 7) is 10.8. The number of hydrogen-bond donors (Lipinski definition) is 1. The van der Waals surface area contributed by atoms with Gasteiger partial charge in [-0.2, -0.15) is 5.10 Å². The Bertz CT molecular complexity index is 996. The molecule has 1 aliphatic rings. The van der Waals surface area contributed by atoms with E-state index in [1.807, 2.05) is 31.2 Å². The number of nitrogens with zero attached hydrogens (tertiary/aromatic N) is 3. The van der Waals surface area contributed by atoms with Crippen LogP contribution in [0, 0.1) is 12.8 Å². The highest BCUT2D eigenvalue weighted by atomic mass is 16.5. The minimum atomic E-state index is -1.16. The van der Waals surface area contributed by atoms with E-state index in [9.17, 15) is 14.4 Å². The zero-order valence-electron chi connectivity index (χ0n) is 19.5. The van der Waals surface area contributed by atoms with Gasteiger partial charge in [0.05, 0.1) is 13.2 Å². The van der Waals surface area contributed by atoms with Gasteiger partial charge in [0, 0.05) is 19.2 Å². The van der Waals surface area contributed by atoms with Gasteiger partial charge in [0.25, 0.3) is 5.91 Å². The van der Waals surface area contributed by atoms with Crippen molar-refractivity contribution in [3.05, 3.63) is 52.8 Å². The quantitative estimate of drug-likeness (QED) is 0.637. The summed E-state index contributed by atoms with van der Waals surface area (Å²) >= 11 is 0. The number of esters is 1. The van der Waals surface area contributed by atoms with Gasteiger partial charge in [-0.25, -0.2) is 4.79 Å². The maximum atomic E-state index is 13.5. The van der Waals surface area contributed by atoms with Crippen molar-refractivity contribution < 1.29 is 19.1 Å². The molecule has 0 saturated heterocycles. The Labute approximate surface area is 188 Å². The molecule has 0 bridgehead atoms. The molecule has 0 saturated carbocycles. The van der Waals surface area contributed by atoms with Gasteiger partial charge in [-0.1, -0.05) is 43.7 Å². The summed E-state index contributed by atoms with van der Waals surface area (Å²) in [5.74, 6) is -0.723. The largest absolute Gasteiger partial charge is 0.461 e. The average molecular weight is 441 g/mol. The highest BCUT2D eigenvalue weighted by Gasteiger charge is 2.48. The monoisotopic (exact) mass is 440 g/mol. The third kappa shape index (κ3) is 4.84. The van der Waals surface area contributed by atoms with Crippen molar-refractivity contribution in [3.8, 4) is 0 Å². The fourth-order valence-electron chi connectivity index (χ4n) is 3.74. The van der Waals surface area contributed by atoms with Crippen LogP contribution in [0.2, 0.25) is 0 Å². The van der Waals surface area contributed by atoms with E-state index in [1.165, 1.54) is 10.7 Å². The van der Waals surface area contributed by atoms with Crippen molar-refractivity contribution in [2.45, 2.75) is 59.7 Å². The Morgan fingerprint density at radius 1 is 1.25 bits per heavy atom. The first kappa shape index (κ1) is 23.5. The maximum absolute atomic E-state index is 13.5. The summed E-state index contributed by atoms with van der Waals surface area (Å²) in [6, 6.07) is 9.31. The first-order valence-electron chi connectivity index (χ1n) is 11.1. The molecule has 0 spiro atoms. The number of carbonyl (C=O) groups excluding carboxylic acids is 3. The molecular formula is C24H32N4O4. The highest BCUT2D eigenvalue weighted by Crippen LogP contribution is 2.29. The van der Waals surface area contributed by atoms with Crippen molar-refractivity contribution in [1.82, 2.24) is 20.0 Å². The maximum Gasteiger partial charge on any atom is 0.358 e. The summed E-state index contributed by atoms with van der Waals surface area (Å²) in [7, 11) is 0. The Balaban J connectivity index is 1.96. The van der Waals surface area contributed by atoms with Gasteiger partial charge < -0.3 is 15.0 Å². The van der Waals surface area contributed by atoms with E-state index >= 15 is 0 Å². The lowest BCUT2D eigenvalue weighted by atomic mass is 9.94. The zero-order chi connectivity index (χ0) is 23.5. The van der Waals surface area contributed by atoms with Gasteiger partial charge in [0.2, 0.25) is 5.91 Å². The zero-order valence-corrected chi connectivity index (χ0v) is 19.5. The molecule has 0 fully saturated rings. The van der Waals surface area contributed by atoms with Crippen molar-refractivity contribution in [3.63, 3.8) is 0 Å². The smallest absolute Gasteiger partial charge is 0.358 e. The van der Waals surface area contributed by atoms with Gasteiger partial charge in [-0.15, -0.1) is 0 Å². The van der Waals surface area contributed by atoms with Crippen LogP contribution < -0.4 is 5.32 Å². The van der Waals surface area contributed by atoms with E-state index in [1.54, 1.807) is 18.7 Å². The molecule has 2 aromatic rings. The summed E-state index contributed by atoms with van der Waals surface area (Å²) in [5.41, 5.74) is 1.21. The number of hydrogen-bond acceptors (Lipinski definition) is 5. The molecule has 1 aliphatic heterocycles. The second kappa shape index (κ2) is 9.54.